The van der Waals surface area contributed by atoms with E-state index in [1.54, 1.807) is 0 Å². The van der Waals surface area contributed by atoms with Crippen LogP contribution in [0.2, 0.25) is 0 Å². The van der Waals surface area contributed by atoms with Crippen LogP contribution in [0.4, 0.5) is 0 Å². The van der Waals surface area contributed by atoms with E-state index in [2.05, 4.69) is 12.2 Å². The Bertz CT molecular complexity index is 632. The molecule has 0 aliphatic rings. The molecule has 0 aromatic heterocycles. The van der Waals surface area contributed by atoms with Crippen LogP contribution in [0.3, 0.4) is 0 Å². The minimum atomic E-state index is -1.13. The van der Waals surface area contributed by atoms with Crippen LogP contribution < -0.4 is 5.32 Å². The summed E-state index contributed by atoms with van der Waals surface area (Å²) in [5.41, 5.74) is 0.871. The summed E-state index contributed by atoms with van der Waals surface area (Å²) in [6, 6.07) is 8.21. The highest BCUT2D eigenvalue weighted by Gasteiger charge is 2.21. The van der Waals surface area contributed by atoms with Crippen LogP contribution in [-0.4, -0.2) is 29.0 Å². The predicted octanol–water partition coefficient (Wildman–Crippen LogP) is 5.39. The van der Waals surface area contributed by atoms with E-state index in [0.717, 1.165) is 24.8 Å². The standard InChI is InChI=1S/C25H39NO5/c1-2-3-4-5-6-7-8-9-10-14-17-23(27)26-22(25(29)30)18-19-24(28)31-20-21-15-12-11-13-16-21/h11-13,15-16,22H,2-10,14,17-20H2,1H3,(H,26,27)(H,29,30). The summed E-state index contributed by atoms with van der Waals surface area (Å²) in [4.78, 5) is 35.3. The van der Waals surface area contributed by atoms with Crippen LogP contribution in [0.15, 0.2) is 30.3 Å². The van der Waals surface area contributed by atoms with E-state index in [0.29, 0.717) is 6.42 Å². The predicted molar refractivity (Wildman–Crippen MR) is 121 cm³/mol. The third kappa shape index (κ3) is 14.3. The van der Waals surface area contributed by atoms with Crippen molar-refractivity contribution in [3.05, 3.63) is 35.9 Å². The van der Waals surface area contributed by atoms with Gasteiger partial charge in [-0.05, 0) is 18.4 Å². The van der Waals surface area contributed by atoms with E-state index in [-0.39, 0.29) is 25.4 Å². The number of benzene rings is 1. The normalized spacial score (nSPS) is 11.6. The van der Waals surface area contributed by atoms with Gasteiger partial charge < -0.3 is 15.2 Å². The maximum atomic E-state index is 12.1. The van der Waals surface area contributed by atoms with E-state index in [4.69, 9.17) is 4.74 Å². The number of hydrogen-bond acceptors (Lipinski definition) is 4. The summed E-state index contributed by atoms with van der Waals surface area (Å²) in [6.07, 6.45) is 12.1. The molecule has 1 amide bonds. The van der Waals surface area contributed by atoms with Crippen LogP contribution in [0.5, 0.6) is 0 Å². The summed E-state index contributed by atoms with van der Waals surface area (Å²) in [5.74, 6) is -1.88. The Kier molecular flexibility index (Phi) is 14.9. The highest BCUT2D eigenvalue weighted by molar-refractivity contribution is 5.84. The molecule has 0 saturated carbocycles. The lowest BCUT2D eigenvalue weighted by atomic mass is 10.1. The Morgan fingerprint density at radius 2 is 1.45 bits per heavy atom. The van der Waals surface area contributed by atoms with Gasteiger partial charge >= 0.3 is 11.9 Å². The SMILES string of the molecule is CCCCCCCCCCCCC(=O)NC(CCC(=O)OCc1ccccc1)C(=O)O. The first-order valence-corrected chi connectivity index (χ1v) is 11.7. The molecule has 174 valence electrons. The lowest BCUT2D eigenvalue weighted by molar-refractivity contribution is -0.146. The molecule has 1 atom stereocenters. The highest BCUT2D eigenvalue weighted by Crippen LogP contribution is 2.11. The first-order valence-electron chi connectivity index (χ1n) is 11.7. The van der Waals surface area contributed by atoms with Crippen LogP contribution in [0, 0.1) is 0 Å². The highest BCUT2D eigenvalue weighted by atomic mass is 16.5. The van der Waals surface area contributed by atoms with Crippen molar-refractivity contribution in [3.63, 3.8) is 0 Å². The number of aliphatic carboxylic acids is 1. The minimum absolute atomic E-state index is 0.0206. The van der Waals surface area contributed by atoms with Crippen LogP contribution in [0.1, 0.15) is 96.0 Å². The number of carboxylic acids is 1. The zero-order valence-corrected chi connectivity index (χ0v) is 18.9. The van der Waals surface area contributed by atoms with Gasteiger partial charge in [-0.15, -0.1) is 0 Å². The van der Waals surface area contributed by atoms with E-state index in [1.165, 1.54) is 44.9 Å². The van der Waals surface area contributed by atoms with Crippen LogP contribution >= 0.6 is 0 Å². The number of carboxylic acid groups (broad SMARTS) is 1. The maximum Gasteiger partial charge on any atom is 0.326 e. The van der Waals surface area contributed by atoms with Gasteiger partial charge in [0, 0.05) is 12.8 Å². The Morgan fingerprint density at radius 3 is 2.03 bits per heavy atom. The van der Waals surface area contributed by atoms with E-state index < -0.39 is 18.0 Å². The summed E-state index contributed by atoms with van der Waals surface area (Å²) < 4.78 is 5.16. The number of nitrogens with one attached hydrogen (secondary N) is 1. The van der Waals surface area contributed by atoms with Gasteiger partial charge in [0.1, 0.15) is 12.6 Å². The molecule has 0 fully saturated rings. The molecule has 0 aliphatic carbocycles. The quantitative estimate of drug-likeness (QED) is 0.239. The Morgan fingerprint density at radius 1 is 0.871 bits per heavy atom. The smallest absolute Gasteiger partial charge is 0.326 e. The molecule has 1 aromatic carbocycles. The van der Waals surface area contributed by atoms with Crippen LogP contribution in [0.25, 0.3) is 0 Å². The molecule has 31 heavy (non-hydrogen) atoms. The number of carbonyl (C=O) groups is 3. The van der Waals surface area contributed by atoms with Gasteiger partial charge in [-0.3, -0.25) is 9.59 Å². The van der Waals surface area contributed by atoms with Crippen molar-refractivity contribution in [3.8, 4) is 0 Å². The molecule has 6 nitrogen and oxygen atoms in total. The first kappa shape index (κ1) is 26.7. The number of rotatable bonds is 18. The number of ether oxygens (including phenoxy) is 1. The maximum absolute atomic E-state index is 12.1. The molecule has 0 bridgehead atoms. The molecule has 0 aliphatic heterocycles. The molecular weight excluding hydrogens is 394 g/mol. The van der Waals surface area contributed by atoms with Crippen molar-refractivity contribution in [2.75, 3.05) is 0 Å². The van der Waals surface area contributed by atoms with Crippen molar-refractivity contribution >= 4 is 17.8 Å². The van der Waals surface area contributed by atoms with E-state index in [9.17, 15) is 19.5 Å². The zero-order chi connectivity index (χ0) is 22.7. The number of unbranched alkanes of at least 4 members (excludes halogenated alkanes) is 9. The summed E-state index contributed by atoms with van der Waals surface area (Å²) in [6.45, 7) is 2.37. The van der Waals surface area contributed by atoms with Crippen LogP contribution in [-0.2, 0) is 25.7 Å². The molecular formula is C25H39NO5. The Hall–Kier alpha value is -2.37. The van der Waals surface area contributed by atoms with Crippen molar-refractivity contribution in [2.45, 2.75) is 103 Å². The monoisotopic (exact) mass is 433 g/mol. The fourth-order valence-corrected chi connectivity index (χ4v) is 3.37. The molecule has 0 spiro atoms. The fourth-order valence-electron chi connectivity index (χ4n) is 3.37. The van der Waals surface area contributed by atoms with Gasteiger partial charge in [-0.2, -0.15) is 0 Å². The molecule has 1 rings (SSSR count). The van der Waals surface area contributed by atoms with Crippen molar-refractivity contribution in [2.24, 2.45) is 0 Å². The average molecular weight is 434 g/mol. The van der Waals surface area contributed by atoms with Crippen molar-refractivity contribution in [1.29, 1.82) is 0 Å². The lowest BCUT2D eigenvalue weighted by Crippen LogP contribution is -2.41. The third-order valence-corrected chi connectivity index (χ3v) is 5.27. The van der Waals surface area contributed by atoms with E-state index in [1.807, 2.05) is 30.3 Å². The molecule has 0 radical (unpaired) electrons. The molecule has 1 aromatic rings. The lowest BCUT2D eigenvalue weighted by Gasteiger charge is -2.14. The second-order valence-corrected chi connectivity index (χ2v) is 8.08. The first-order chi connectivity index (χ1) is 15.0. The van der Waals surface area contributed by atoms with Crippen molar-refractivity contribution < 1.29 is 24.2 Å². The topological polar surface area (TPSA) is 92.7 Å². The minimum Gasteiger partial charge on any atom is -0.480 e. The summed E-state index contributed by atoms with van der Waals surface area (Å²) >= 11 is 0. The van der Waals surface area contributed by atoms with Crippen molar-refractivity contribution in [1.82, 2.24) is 5.32 Å². The second-order valence-electron chi connectivity index (χ2n) is 8.08. The Balaban J connectivity index is 2.13. The zero-order valence-electron chi connectivity index (χ0n) is 18.9. The second kappa shape index (κ2) is 17.3. The summed E-state index contributed by atoms with van der Waals surface area (Å²) in [5, 5.41) is 11.9. The Labute approximate surface area is 186 Å². The summed E-state index contributed by atoms with van der Waals surface area (Å²) in [7, 11) is 0. The van der Waals surface area contributed by atoms with Gasteiger partial charge in [0.15, 0.2) is 0 Å². The third-order valence-electron chi connectivity index (χ3n) is 5.27. The largest absolute Gasteiger partial charge is 0.480 e. The number of esters is 1. The number of amides is 1. The van der Waals surface area contributed by atoms with Gasteiger partial charge in [-0.25, -0.2) is 4.79 Å². The fraction of sp³-hybridized carbons (Fsp3) is 0.640. The van der Waals surface area contributed by atoms with Gasteiger partial charge in [0.25, 0.3) is 0 Å². The van der Waals surface area contributed by atoms with Gasteiger partial charge in [-0.1, -0.05) is 95.0 Å². The molecule has 0 saturated heterocycles. The average Bonchev–Trinajstić information content (AvgIpc) is 2.77. The number of hydrogen-bond donors (Lipinski definition) is 2. The molecule has 2 N–H and O–H groups in total. The molecule has 1 unspecified atom stereocenters. The molecule has 6 heteroatoms. The number of carbonyl (C=O) groups excluding carboxylic acids is 2. The van der Waals surface area contributed by atoms with E-state index >= 15 is 0 Å². The van der Waals surface area contributed by atoms with Gasteiger partial charge in [0.2, 0.25) is 5.91 Å². The molecule has 0 heterocycles. The van der Waals surface area contributed by atoms with Gasteiger partial charge in [0.05, 0.1) is 0 Å².